The van der Waals surface area contributed by atoms with E-state index in [1.54, 1.807) is 23.8 Å². The van der Waals surface area contributed by atoms with E-state index in [1.165, 1.54) is 11.3 Å². The first kappa shape index (κ1) is 13.7. The fourth-order valence-corrected chi connectivity index (χ4v) is 2.21. The van der Waals surface area contributed by atoms with Crippen LogP contribution in [0.25, 0.3) is 10.8 Å². The summed E-state index contributed by atoms with van der Waals surface area (Å²) in [6.07, 6.45) is 0.771. The zero-order chi connectivity index (χ0) is 13.7. The molecule has 19 heavy (non-hydrogen) atoms. The number of nitrogens with one attached hydrogen (secondary N) is 1. The summed E-state index contributed by atoms with van der Waals surface area (Å²) in [6.45, 7) is -0.343. The average molecular weight is 282 g/mol. The Morgan fingerprint density at radius 1 is 1.58 bits per heavy atom. The van der Waals surface area contributed by atoms with Crippen molar-refractivity contribution in [2.45, 2.75) is 12.5 Å². The molecule has 3 N–H and O–H groups in total. The molecule has 1 atom stereocenters. The summed E-state index contributed by atoms with van der Waals surface area (Å²) in [7, 11) is 0. The minimum absolute atomic E-state index is 0.0323. The van der Waals surface area contributed by atoms with Crippen LogP contribution in [0.2, 0.25) is 0 Å². The lowest BCUT2D eigenvalue weighted by molar-refractivity contribution is -0.121. The monoisotopic (exact) mass is 282 g/mol. The van der Waals surface area contributed by atoms with Gasteiger partial charge in [-0.1, -0.05) is 0 Å². The van der Waals surface area contributed by atoms with Gasteiger partial charge in [0.15, 0.2) is 10.8 Å². The number of rotatable bonds is 6. The van der Waals surface area contributed by atoms with E-state index >= 15 is 0 Å². The van der Waals surface area contributed by atoms with Crippen LogP contribution in [-0.4, -0.2) is 40.4 Å². The van der Waals surface area contributed by atoms with Gasteiger partial charge in [0.25, 0.3) is 0 Å². The van der Waals surface area contributed by atoms with E-state index in [0.29, 0.717) is 11.5 Å². The highest BCUT2D eigenvalue weighted by Gasteiger charge is 2.11. The Morgan fingerprint density at radius 3 is 3.11 bits per heavy atom. The summed E-state index contributed by atoms with van der Waals surface area (Å²) in [5, 5.41) is 22.8. The van der Waals surface area contributed by atoms with Crippen LogP contribution >= 0.6 is 11.3 Å². The molecule has 1 amide bonds. The Bertz CT molecular complexity index is 524. The van der Waals surface area contributed by atoms with Crippen molar-refractivity contribution < 1.29 is 19.4 Å². The molecule has 0 aliphatic heterocycles. The Hall–Kier alpha value is -1.70. The SMILES string of the molecule is O=C(Cc1csc(-c2ccco2)n1)NCC(O)CO. The van der Waals surface area contributed by atoms with Crippen LogP contribution in [0.1, 0.15) is 5.69 Å². The highest BCUT2D eigenvalue weighted by Crippen LogP contribution is 2.23. The average Bonchev–Trinajstić information content (AvgIpc) is 3.06. The van der Waals surface area contributed by atoms with E-state index < -0.39 is 6.10 Å². The summed E-state index contributed by atoms with van der Waals surface area (Å²) in [6, 6.07) is 3.58. The third-order valence-electron chi connectivity index (χ3n) is 2.37. The number of hydrogen-bond donors (Lipinski definition) is 3. The molecule has 0 aliphatic carbocycles. The molecule has 2 heterocycles. The molecule has 2 aromatic rings. The smallest absolute Gasteiger partial charge is 0.226 e. The largest absolute Gasteiger partial charge is 0.462 e. The molecule has 0 bridgehead atoms. The van der Waals surface area contributed by atoms with E-state index in [4.69, 9.17) is 14.6 Å². The van der Waals surface area contributed by atoms with E-state index in [9.17, 15) is 4.79 Å². The second-order valence-electron chi connectivity index (χ2n) is 3.94. The lowest BCUT2D eigenvalue weighted by Gasteiger charge is -2.07. The van der Waals surface area contributed by atoms with E-state index in [0.717, 1.165) is 5.01 Å². The van der Waals surface area contributed by atoms with Gasteiger partial charge in [-0.2, -0.15) is 0 Å². The number of carbonyl (C=O) groups excluding carboxylic acids is 1. The predicted molar refractivity (Wildman–Crippen MR) is 69.6 cm³/mol. The van der Waals surface area contributed by atoms with Crippen LogP contribution in [0, 0.1) is 0 Å². The number of thiazole rings is 1. The van der Waals surface area contributed by atoms with Crippen molar-refractivity contribution in [1.82, 2.24) is 10.3 Å². The summed E-state index contributed by atoms with van der Waals surface area (Å²) >= 11 is 1.40. The fourth-order valence-electron chi connectivity index (χ4n) is 1.42. The topological polar surface area (TPSA) is 95.6 Å². The van der Waals surface area contributed by atoms with Crippen LogP contribution in [-0.2, 0) is 11.2 Å². The van der Waals surface area contributed by atoms with Gasteiger partial charge in [-0.3, -0.25) is 4.79 Å². The molecular weight excluding hydrogens is 268 g/mol. The normalized spacial score (nSPS) is 12.3. The summed E-state index contributed by atoms with van der Waals surface area (Å²) in [5.41, 5.74) is 0.646. The minimum Gasteiger partial charge on any atom is -0.462 e. The maximum absolute atomic E-state index is 11.6. The van der Waals surface area contributed by atoms with Crippen LogP contribution in [0.4, 0.5) is 0 Å². The fraction of sp³-hybridized carbons (Fsp3) is 0.333. The number of hydrogen-bond acceptors (Lipinski definition) is 6. The molecule has 0 fully saturated rings. The first-order valence-corrected chi connectivity index (χ1v) is 6.61. The van der Waals surface area contributed by atoms with Crippen molar-refractivity contribution in [2.24, 2.45) is 0 Å². The molecule has 0 radical (unpaired) electrons. The van der Waals surface area contributed by atoms with Crippen molar-refractivity contribution in [2.75, 3.05) is 13.2 Å². The third-order valence-corrected chi connectivity index (χ3v) is 3.28. The Kier molecular flexibility index (Phi) is 4.67. The zero-order valence-electron chi connectivity index (χ0n) is 10.1. The molecule has 0 aliphatic rings. The van der Waals surface area contributed by atoms with Crippen LogP contribution in [0.3, 0.4) is 0 Å². The maximum atomic E-state index is 11.6. The quantitative estimate of drug-likeness (QED) is 0.713. The van der Waals surface area contributed by atoms with Crippen molar-refractivity contribution in [1.29, 1.82) is 0 Å². The number of furan rings is 1. The van der Waals surface area contributed by atoms with Crippen molar-refractivity contribution in [3.05, 3.63) is 29.5 Å². The number of carbonyl (C=O) groups is 1. The van der Waals surface area contributed by atoms with Crippen molar-refractivity contribution in [3.63, 3.8) is 0 Å². The standard InChI is InChI=1S/C12H14N2O4S/c15-6-9(16)5-13-11(17)4-8-7-19-12(14-8)10-2-1-3-18-10/h1-3,7,9,15-16H,4-6H2,(H,13,17). The zero-order valence-corrected chi connectivity index (χ0v) is 10.9. The van der Waals surface area contributed by atoms with Gasteiger partial charge in [-0.05, 0) is 12.1 Å². The van der Waals surface area contributed by atoms with Crippen LogP contribution in [0.15, 0.2) is 28.2 Å². The van der Waals surface area contributed by atoms with Crippen LogP contribution < -0.4 is 5.32 Å². The van der Waals surface area contributed by atoms with E-state index in [-0.39, 0.29) is 25.5 Å². The van der Waals surface area contributed by atoms with Gasteiger partial charge in [0.2, 0.25) is 5.91 Å². The molecule has 2 aromatic heterocycles. The number of aliphatic hydroxyl groups excluding tert-OH is 2. The second-order valence-corrected chi connectivity index (χ2v) is 4.80. The molecule has 0 saturated carbocycles. The summed E-state index contributed by atoms with van der Waals surface area (Å²) < 4.78 is 5.22. The molecule has 0 aromatic carbocycles. The number of nitrogens with zero attached hydrogens (tertiary/aromatic N) is 1. The van der Waals surface area contributed by atoms with Gasteiger partial charge in [0, 0.05) is 11.9 Å². The maximum Gasteiger partial charge on any atom is 0.226 e. The van der Waals surface area contributed by atoms with Gasteiger partial charge in [0.1, 0.15) is 0 Å². The first-order chi connectivity index (χ1) is 9.19. The highest BCUT2D eigenvalue weighted by atomic mass is 32.1. The molecule has 6 nitrogen and oxygen atoms in total. The molecule has 0 saturated heterocycles. The van der Waals surface area contributed by atoms with Crippen LogP contribution in [0.5, 0.6) is 0 Å². The lowest BCUT2D eigenvalue weighted by atomic mass is 10.3. The van der Waals surface area contributed by atoms with Gasteiger partial charge in [-0.15, -0.1) is 11.3 Å². The van der Waals surface area contributed by atoms with Crippen molar-refractivity contribution in [3.8, 4) is 10.8 Å². The minimum atomic E-state index is -0.932. The summed E-state index contributed by atoms with van der Waals surface area (Å²) in [4.78, 5) is 15.9. The molecule has 0 spiro atoms. The number of aromatic nitrogens is 1. The van der Waals surface area contributed by atoms with E-state index in [2.05, 4.69) is 10.3 Å². The predicted octanol–water partition coefficient (Wildman–Crippen LogP) is 0.415. The van der Waals surface area contributed by atoms with Gasteiger partial charge >= 0.3 is 0 Å². The Labute approximate surface area is 113 Å². The first-order valence-electron chi connectivity index (χ1n) is 5.73. The van der Waals surface area contributed by atoms with Crippen molar-refractivity contribution >= 4 is 17.2 Å². The molecule has 7 heteroatoms. The Balaban J connectivity index is 1.88. The number of aliphatic hydroxyl groups is 2. The second kappa shape index (κ2) is 6.46. The Morgan fingerprint density at radius 2 is 2.42 bits per heavy atom. The summed E-state index contributed by atoms with van der Waals surface area (Å²) in [5.74, 6) is 0.427. The number of amides is 1. The highest BCUT2D eigenvalue weighted by molar-refractivity contribution is 7.13. The van der Waals surface area contributed by atoms with E-state index in [1.807, 2.05) is 0 Å². The molecule has 102 valence electrons. The molecular formula is C12H14N2O4S. The third kappa shape index (κ3) is 3.88. The molecule has 2 rings (SSSR count). The molecule has 1 unspecified atom stereocenters. The lowest BCUT2D eigenvalue weighted by Crippen LogP contribution is -2.34. The van der Waals surface area contributed by atoms with Gasteiger partial charge in [0.05, 0.1) is 31.1 Å². The van der Waals surface area contributed by atoms with Gasteiger partial charge in [-0.25, -0.2) is 4.98 Å². The van der Waals surface area contributed by atoms with Gasteiger partial charge < -0.3 is 19.9 Å².